The van der Waals surface area contributed by atoms with Gasteiger partial charge in [-0.15, -0.1) is 0 Å². The van der Waals surface area contributed by atoms with E-state index in [4.69, 9.17) is 42.3 Å². The Labute approximate surface area is 166 Å². The van der Waals surface area contributed by atoms with Crippen molar-refractivity contribution < 1.29 is 28.6 Å². The lowest BCUT2D eigenvalue weighted by Gasteiger charge is -2.15. The summed E-state index contributed by atoms with van der Waals surface area (Å²) in [7, 11) is 1.35. The quantitative estimate of drug-likeness (QED) is 0.404. The van der Waals surface area contributed by atoms with Crippen molar-refractivity contribution in [2.75, 3.05) is 13.7 Å². The maximum Gasteiger partial charge on any atom is 0.337 e. The van der Waals surface area contributed by atoms with Gasteiger partial charge in [0.25, 0.3) is 5.91 Å². The molecule has 1 atom stereocenters. The first-order chi connectivity index (χ1) is 12.9. The van der Waals surface area contributed by atoms with E-state index < -0.39 is 24.8 Å². The second-order valence-electron chi connectivity index (χ2n) is 5.15. The van der Waals surface area contributed by atoms with E-state index in [0.717, 1.165) is 0 Å². The summed E-state index contributed by atoms with van der Waals surface area (Å²) in [5, 5.41) is 0.322. The minimum atomic E-state index is -0.832. The van der Waals surface area contributed by atoms with Gasteiger partial charge in [-0.05, 0) is 24.3 Å². The molecule has 0 heterocycles. The van der Waals surface area contributed by atoms with Crippen LogP contribution in [0, 0.1) is 0 Å². The normalized spacial score (nSPS) is 11.4. The summed E-state index contributed by atoms with van der Waals surface area (Å²) in [6.07, 6.45) is -0.832. The van der Waals surface area contributed by atoms with Gasteiger partial charge in [-0.3, -0.25) is 9.63 Å². The highest BCUT2D eigenvalue weighted by molar-refractivity contribution is 6.37. The second-order valence-corrected chi connectivity index (χ2v) is 5.96. The zero-order valence-corrected chi connectivity index (χ0v) is 16.0. The summed E-state index contributed by atoms with van der Waals surface area (Å²) in [5.74, 6) is -0.809. The average molecular weight is 414 g/mol. The van der Waals surface area contributed by atoms with Crippen molar-refractivity contribution >= 4 is 35.1 Å². The number of para-hydroxylation sites is 1. The van der Waals surface area contributed by atoms with Gasteiger partial charge in [0.2, 0.25) is 6.29 Å². The maximum absolute atomic E-state index is 12.2. The number of carbonyl (C=O) groups excluding carboxylic acids is 2. The van der Waals surface area contributed by atoms with Gasteiger partial charge in [-0.1, -0.05) is 41.4 Å². The number of hydroxylamine groups is 1. The van der Waals surface area contributed by atoms with Gasteiger partial charge in [-0.2, -0.15) is 0 Å². The van der Waals surface area contributed by atoms with E-state index in [1.165, 1.54) is 19.2 Å². The zero-order chi connectivity index (χ0) is 19.8. The Bertz CT molecular complexity index is 800. The molecule has 0 spiro atoms. The molecule has 0 aliphatic rings. The fourth-order valence-electron chi connectivity index (χ4n) is 2.09. The van der Waals surface area contributed by atoms with Crippen LogP contribution in [0.15, 0.2) is 42.5 Å². The van der Waals surface area contributed by atoms with Crippen LogP contribution in [0.5, 0.6) is 11.5 Å². The summed E-state index contributed by atoms with van der Waals surface area (Å²) in [4.78, 5) is 28.8. The van der Waals surface area contributed by atoms with Crippen molar-refractivity contribution in [3.63, 3.8) is 0 Å². The third-order valence-corrected chi connectivity index (χ3v) is 3.80. The van der Waals surface area contributed by atoms with Gasteiger partial charge >= 0.3 is 5.97 Å². The molecule has 27 heavy (non-hydrogen) atoms. The predicted octanol–water partition coefficient (Wildman–Crippen LogP) is 3.63. The van der Waals surface area contributed by atoms with Crippen molar-refractivity contribution in [3.05, 3.63) is 58.1 Å². The van der Waals surface area contributed by atoms with Gasteiger partial charge in [0.15, 0.2) is 12.4 Å². The topological polar surface area (TPSA) is 83.1 Å². The third-order valence-electron chi connectivity index (χ3n) is 3.19. The van der Waals surface area contributed by atoms with Gasteiger partial charge < -0.3 is 14.2 Å². The lowest BCUT2D eigenvalue weighted by Crippen LogP contribution is -2.30. The van der Waals surface area contributed by atoms with Crippen molar-refractivity contribution in [2.24, 2.45) is 0 Å². The highest BCUT2D eigenvalue weighted by Crippen LogP contribution is 2.33. The maximum atomic E-state index is 12.2. The number of hydrogen-bond acceptors (Lipinski definition) is 6. The van der Waals surface area contributed by atoms with E-state index >= 15 is 0 Å². The van der Waals surface area contributed by atoms with E-state index in [-0.39, 0.29) is 21.4 Å². The van der Waals surface area contributed by atoms with E-state index in [1.807, 2.05) is 6.07 Å². The number of nitrogens with one attached hydrogen (secondary N) is 1. The zero-order valence-electron chi connectivity index (χ0n) is 14.5. The number of carbonyl (C=O) groups is 2. The molecule has 0 aliphatic heterocycles. The van der Waals surface area contributed by atoms with Crippen LogP contribution in [-0.4, -0.2) is 31.9 Å². The van der Waals surface area contributed by atoms with Crippen LogP contribution in [0.3, 0.4) is 0 Å². The van der Waals surface area contributed by atoms with E-state index in [0.29, 0.717) is 5.75 Å². The highest BCUT2D eigenvalue weighted by Gasteiger charge is 2.20. The lowest BCUT2D eigenvalue weighted by atomic mass is 10.2. The standard InChI is InChI=1S/C18H17Cl2NO6/c1-11(26-12-6-4-3-5-7-12)27-15(22)10-25-21-18(23)16-13(19)8-9-14(20)17(16)24-2/h3-9,11H,10H2,1-2H3,(H,21,23). The van der Waals surface area contributed by atoms with E-state index in [1.54, 1.807) is 31.2 Å². The molecule has 1 unspecified atom stereocenters. The number of rotatable bonds is 8. The minimum absolute atomic E-state index is 0.0131. The average Bonchev–Trinajstić information content (AvgIpc) is 2.63. The molecule has 2 aromatic rings. The number of halogens is 2. The number of benzene rings is 2. The SMILES string of the molecule is COc1c(Cl)ccc(Cl)c1C(=O)NOCC(=O)OC(C)Oc1ccccc1. The molecule has 1 amide bonds. The van der Waals surface area contributed by atoms with Crippen molar-refractivity contribution in [3.8, 4) is 11.5 Å². The Morgan fingerprint density at radius 3 is 2.41 bits per heavy atom. The van der Waals surface area contributed by atoms with E-state index in [9.17, 15) is 9.59 Å². The molecule has 1 N–H and O–H groups in total. The molecule has 2 aromatic carbocycles. The first-order valence-electron chi connectivity index (χ1n) is 7.77. The van der Waals surface area contributed by atoms with Gasteiger partial charge in [0.1, 0.15) is 11.3 Å². The second kappa shape index (κ2) is 10.0. The Hall–Kier alpha value is -2.48. The van der Waals surface area contributed by atoms with Crippen LogP contribution in [0.2, 0.25) is 10.0 Å². The number of amides is 1. The first-order valence-corrected chi connectivity index (χ1v) is 8.53. The minimum Gasteiger partial charge on any atom is -0.494 e. The largest absolute Gasteiger partial charge is 0.494 e. The van der Waals surface area contributed by atoms with Gasteiger partial charge in [-0.25, -0.2) is 10.3 Å². The monoisotopic (exact) mass is 413 g/mol. The fourth-order valence-corrected chi connectivity index (χ4v) is 2.56. The molecule has 0 aliphatic carbocycles. The number of methoxy groups -OCH3 is 1. The van der Waals surface area contributed by atoms with Crippen molar-refractivity contribution in [2.45, 2.75) is 13.2 Å². The molecular formula is C18H17Cl2NO6. The Balaban J connectivity index is 1.83. The van der Waals surface area contributed by atoms with Crippen LogP contribution in [-0.2, 0) is 14.4 Å². The van der Waals surface area contributed by atoms with Crippen LogP contribution in [0.1, 0.15) is 17.3 Å². The van der Waals surface area contributed by atoms with E-state index in [2.05, 4.69) is 5.48 Å². The molecule has 0 radical (unpaired) electrons. The number of hydrogen-bond donors (Lipinski definition) is 1. The Kier molecular flexibility index (Phi) is 7.72. The molecule has 0 aromatic heterocycles. The van der Waals surface area contributed by atoms with Gasteiger partial charge in [0.05, 0.1) is 17.2 Å². The van der Waals surface area contributed by atoms with Crippen LogP contribution < -0.4 is 15.0 Å². The number of ether oxygens (including phenoxy) is 3. The van der Waals surface area contributed by atoms with Crippen molar-refractivity contribution in [1.82, 2.24) is 5.48 Å². The molecule has 7 nitrogen and oxygen atoms in total. The molecular weight excluding hydrogens is 397 g/mol. The van der Waals surface area contributed by atoms with Crippen LogP contribution in [0.25, 0.3) is 0 Å². The summed E-state index contributed by atoms with van der Waals surface area (Å²) < 4.78 is 15.5. The first kappa shape index (κ1) is 20.8. The summed E-state index contributed by atoms with van der Waals surface area (Å²) in [5.41, 5.74) is 2.08. The molecule has 144 valence electrons. The fraction of sp³-hybridized carbons (Fsp3) is 0.222. The Morgan fingerprint density at radius 2 is 1.74 bits per heavy atom. The van der Waals surface area contributed by atoms with Gasteiger partial charge in [0, 0.05) is 6.92 Å². The molecule has 0 saturated heterocycles. The molecule has 0 bridgehead atoms. The van der Waals surface area contributed by atoms with Crippen LogP contribution in [0.4, 0.5) is 0 Å². The summed E-state index contributed by atoms with van der Waals surface area (Å²) >= 11 is 12.0. The number of esters is 1. The summed E-state index contributed by atoms with van der Waals surface area (Å²) in [6, 6.07) is 11.8. The molecule has 0 fully saturated rings. The van der Waals surface area contributed by atoms with Crippen molar-refractivity contribution in [1.29, 1.82) is 0 Å². The predicted molar refractivity (Wildman–Crippen MR) is 99.1 cm³/mol. The molecule has 0 saturated carbocycles. The lowest BCUT2D eigenvalue weighted by molar-refractivity contribution is -0.168. The highest BCUT2D eigenvalue weighted by atomic mass is 35.5. The Morgan fingerprint density at radius 1 is 1.07 bits per heavy atom. The molecule has 9 heteroatoms. The molecule has 2 rings (SSSR count). The smallest absolute Gasteiger partial charge is 0.337 e. The third kappa shape index (κ3) is 6.02. The van der Waals surface area contributed by atoms with Crippen LogP contribution >= 0.6 is 23.2 Å². The summed E-state index contributed by atoms with van der Waals surface area (Å²) in [6.45, 7) is 1.02.